The minimum atomic E-state index is -0.0504. The number of aryl methyl sites for hydroxylation is 1. The van der Waals surface area contributed by atoms with E-state index >= 15 is 0 Å². The quantitative estimate of drug-likeness (QED) is 0.654. The Morgan fingerprint density at radius 3 is 2.54 bits per heavy atom. The van der Waals surface area contributed by atoms with Gasteiger partial charge in [-0.3, -0.25) is 4.79 Å². The van der Waals surface area contributed by atoms with Crippen LogP contribution in [0.3, 0.4) is 0 Å². The topological polar surface area (TPSA) is 42.0 Å². The number of thioether (sulfide) groups is 1. The molecule has 0 atom stereocenters. The molecule has 0 spiro atoms. The van der Waals surface area contributed by atoms with Crippen LogP contribution in [-0.4, -0.2) is 10.9 Å². The zero-order valence-electron chi connectivity index (χ0n) is 13.4. The van der Waals surface area contributed by atoms with Gasteiger partial charge in [-0.05, 0) is 36.8 Å². The van der Waals surface area contributed by atoms with Crippen LogP contribution in [0.25, 0.3) is 0 Å². The Morgan fingerprint density at radius 2 is 1.88 bits per heavy atom. The number of carbonyl (C=O) groups excluding carboxylic acids is 1. The van der Waals surface area contributed by atoms with Crippen LogP contribution >= 0.6 is 23.1 Å². The van der Waals surface area contributed by atoms with Gasteiger partial charge in [-0.25, -0.2) is 4.98 Å². The zero-order valence-corrected chi connectivity index (χ0v) is 15.0. The molecular formula is C19H18N2OS2. The van der Waals surface area contributed by atoms with Gasteiger partial charge in [0.2, 0.25) is 0 Å². The molecule has 0 aliphatic heterocycles. The van der Waals surface area contributed by atoms with E-state index in [1.54, 1.807) is 23.1 Å². The van der Waals surface area contributed by atoms with Gasteiger partial charge in [0.15, 0.2) is 0 Å². The fraction of sp³-hybridized carbons (Fsp3) is 0.158. The minimum absolute atomic E-state index is 0.0504. The summed E-state index contributed by atoms with van der Waals surface area (Å²) in [5.74, 6) is 0.801. The van der Waals surface area contributed by atoms with Crippen molar-refractivity contribution in [3.8, 4) is 0 Å². The number of rotatable bonds is 6. The van der Waals surface area contributed by atoms with Crippen LogP contribution in [0.1, 0.15) is 26.6 Å². The molecule has 1 heterocycles. The standard InChI is InChI=1S/C19H18N2OS2/c1-14-21-17(12-23-14)13-24-18-9-7-16(8-10-18)19(22)20-11-15-5-3-2-4-6-15/h2-10,12H,11,13H2,1H3,(H,20,22). The molecule has 0 saturated heterocycles. The maximum Gasteiger partial charge on any atom is 0.251 e. The monoisotopic (exact) mass is 354 g/mol. The third kappa shape index (κ3) is 4.69. The summed E-state index contributed by atoms with van der Waals surface area (Å²) in [5.41, 5.74) is 2.88. The summed E-state index contributed by atoms with van der Waals surface area (Å²) in [7, 11) is 0. The molecule has 3 rings (SSSR count). The highest BCUT2D eigenvalue weighted by atomic mass is 32.2. The highest BCUT2D eigenvalue weighted by Gasteiger charge is 2.06. The van der Waals surface area contributed by atoms with Crippen LogP contribution in [0, 0.1) is 6.92 Å². The van der Waals surface area contributed by atoms with Gasteiger partial charge in [-0.15, -0.1) is 23.1 Å². The summed E-state index contributed by atoms with van der Waals surface area (Å²) >= 11 is 3.40. The number of hydrogen-bond donors (Lipinski definition) is 1. The largest absolute Gasteiger partial charge is 0.348 e. The Balaban J connectivity index is 1.52. The first kappa shape index (κ1) is 16.7. The fourth-order valence-electron chi connectivity index (χ4n) is 2.21. The summed E-state index contributed by atoms with van der Waals surface area (Å²) in [5, 5.41) is 6.13. The fourth-order valence-corrected chi connectivity index (χ4v) is 3.72. The lowest BCUT2D eigenvalue weighted by atomic mass is 10.2. The van der Waals surface area contributed by atoms with Crippen LogP contribution in [0.15, 0.2) is 64.9 Å². The van der Waals surface area contributed by atoms with E-state index in [0.29, 0.717) is 12.1 Å². The predicted octanol–water partition coefficient (Wildman–Crippen LogP) is 4.67. The van der Waals surface area contributed by atoms with E-state index in [1.807, 2.05) is 61.5 Å². The Bertz CT molecular complexity index is 798. The number of carbonyl (C=O) groups is 1. The van der Waals surface area contributed by atoms with E-state index in [1.165, 1.54) is 0 Å². The number of amides is 1. The second-order valence-electron chi connectivity index (χ2n) is 5.34. The van der Waals surface area contributed by atoms with E-state index in [4.69, 9.17) is 0 Å². The maximum absolute atomic E-state index is 12.2. The first-order chi connectivity index (χ1) is 11.7. The predicted molar refractivity (Wildman–Crippen MR) is 100 cm³/mol. The van der Waals surface area contributed by atoms with E-state index < -0.39 is 0 Å². The summed E-state index contributed by atoms with van der Waals surface area (Å²) in [6, 6.07) is 17.6. The Kier molecular flexibility index (Phi) is 5.67. The molecule has 0 radical (unpaired) electrons. The summed E-state index contributed by atoms with van der Waals surface area (Å²) < 4.78 is 0. The molecule has 0 aliphatic rings. The number of thiazole rings is 1. The van der Waals surface area contributed by atoms with E-state index in [2.05, 4.69) is 15.7 Å². The second-order valence-corrected chi connectivity index (χ2v) is 7.45. The van der Waals surface area contributed by atoms with Gasteiger partial charge < -0.3 is 5.32 Å². The van der Waals surface area contributed by atoms with Gasteiger partial charge >= 0.3 is 0 Å². The van der Waals surface area contributed by atoms with Gasteiger partial charge in [0.25, 0.3) is 5.91 Å². The Labute approximate surface area is 150 Å². The summed E-state index contributed by atoms with van der Waals surface area (Å²) in [6.45, 7) is 2.56. The molecule has 2 aromatic carbocycles. The molecule has 1 aromatic heterocycles. The van der Waals surface area contributed by atoms with Crippen molar-refractivity contribution in [1.82, 2.24) is 10.3 Å². The lowest BCUT2D eigenvalue weighted by Crippen LogP contribution is -2.22. The minimum Gasteiger partial charge on any atom is -0.348 e. The van der Waals surface area contributed by atoms with Gasteiger partial charge in [-0.2, -0.15) is 0 Å². The Hall–Kier alpha value is -2.11. The molecular weight excluding hydrogens is 336 g/mol. The van der Waals surface area contributed by atoms with Crippen molar-refractivity contribution in [3.63, 3.8) is 0 Å². The van der Waals surface area contributed by atoms with Crippen molar-refractivity contribution < 1.29 is 4.79 Å². The molecule has 3 nitrogen and oxygen atoms in total. The molecule has 24 heavy (non-hydrogen) atoms. The molecule has 3 aromatic rings. The smallest absolute Gasteiger partial charge is 0.251 e. The van der Waals surface area contributed by atoms with Crippen molar-refractivity contribution in [1.29, 1.82) is 0 Å². The van der Waals surface area contributed by atoms with Crippen LogP contribution in [0.4, 0.5) is 0 Å². The average Bonchev–Trinajstić information content (AvgIpc) is 3.04. The van der Waals surface area contributed by atoms with Crippen LogP contribution in [0.2, 0.25) is 0 Å². The molecule has 1 N–H and O–H groups in total. The van der Waals surface area contributed by atoms with Gasteiger partial charge in [-0.1, -0.05) is 30.3 Å². The molecule has 0 unspecified atom stereocenters. The highest BCUT2D eigenvalue weighted by Crippen LogP contribution is 2.23. The zero-order chi connectivity index (χ0) is 16.8. The molecule has 0 bridgehead atoms. The van der Waals surface area contributed by atoms with Crippen molar-refractivity contribution in [2.24, 2.45) is 0 Å². The number of benzene rings is 2. The number of nitrogens with zero attached hydrogens (tertiary/aromatic N) is 1. The van der Waals surface area contributed by atoms with Crippen molar-refractivity contribution in [2.45, 2.75) is 24.1 Å². The second kappa shape index (κ2) is 8.13. The van der Waals surface area contributed by atoms with Gasteiger partial charge in [0, 0.05) is 28.1 Å². The van der Waals surface area contributed by atoms with E-state index in [9.17, 15) is 4.79 Å². The van der Waals surface area contributed by atoms with Crippen LogP contribution in [0.5, 0.6) is 0 Å². The van der Waals surface area contributed by atoms with Crippen molar-refractivity contribution in [3.05, 3.63) is 81.8 Å². The lowest BCUT2D eigenvalue weighted by Gasteiger charge is -2.06. The molecule has 1 amide bonds. The third-order valence-electron chi connectivity index (χ3n) is 3.47. The molecule has 5 heteroatoms. The Morgan fingerprint density at radius 1 is 1.12 bits per heavy atom. The summed E-state index contributed by atoms with van der Waals surface area (Å²) in [6.07, 6.45) is 0. The van der Waals surface area contributed by atoms with E-state index in [0.717, 1.165) is 26.9 Å². The van der Waals surface area contributed by atoms with Crippen molar-refractivity contribution >= 4 is 29.0 Å². The number of hydrogen-bond acceptors (Lipinski definition) is 4. The molecule has 0 saturated carbocycles. The number of aromatic nitrogens is 1. The summed E-state index contributed by atoms with van der Waals surface area (Å²) in [4.78, 5) is 17.8. The third-order valence-corrected chi connectivity index (χ3v) is 5.33. The maximum atomic E-state index is 12.2. The van der Waals surface area contributed by atoms with Crippen LogP contribution < -0.4 is 5.32 Å². The lowest BCUT2D eigenvalue weighted by molar-refractivity contribution is 0.0951. The van der Waals surface area contributed by atoms with E-state index in [-0.39, 0.29) is 5.91 Å². The van der Waals surface area contributed by atoms with Crippen LogP contribution in [-0.2, 0) is 12.3 Å². The molecule has 0 aliphatic carbocycles. The first-order valence-electron chi connectivity index (χ1n) is 7.67. The number of nitrogens with one attached hydrogen (secondary N) is 1. The molecule has 122 valence electrons. The first-order valence-corrected chi connectivity index (χ1v) is 9.53. The average molecular weight is 354 g/mol. The van der Waals surface area contributed by atoms with Gasteiger partial charge in [0.1, 0.15) is 0 Å². The van der Waals surface area contributed by atoms with Crippen molar-refractivity contribution in [2.75, 3.05) is 0 Å². The highest BCUT2D eigenvalue weighted by molar-refractivity contribution is 7.98. The normalized spacial score (nSPS) is 10.5. The van der Waals surface area contributed by atoms with Gasteiger partial charge in [0.05, 0.1) is 10.7 Å². The SMILES string of the molecule is Cc1nc(CSc2ccc(C(=O)NCc3ccccc3)cc2)cs1. The molecule has 0 fully saturated rings.